The Morgan fingerprint density at radius 3 is 2.75 bits per heavy atom. The third kappa shape index (κ3) is 2.06. The highest BCUT2D eigenvalue weighted by molar-refractivity contribution is 14.1. The topological polar surface area (TPSA) is 9.23 Å². The fourth-order valence-electron chi connectivity index (χ4n) is 0.833. The molecular formula is C8H7BrClIO. The van der Waals surface area contributed by atoms with Crippen LogP contribution in [0.3, 0.4) is 0 Å². The van der Waals surface area contributed by atoms with Crippen molar-refractivity contribution in [1.82, 2.24) is 0 Å². The molecule has 0 spiro atoms. The van der Waals surface area contributed by atoms with Crippen LogP contribution in [0.5, 0.6) is 5.75 Å². The molecule has 0 atom stereocenters. The van der Waals surface area contributed by atoms with Gasteiger partial charge in [0.25, 0.3) is 0 Å². The third-order valence-electron chi connectivity index (χ3n) is 1.49. The van der Waals surface area contributed by atoms with Crippen LogP contribution < -0.4 is 4.74 Å². The maximum atomic E-state index is 5.73. The molecule has 1 aromatic rings. The summed E-state index contributed by atoms with van der Waals surface area (Å²) in [7, 11) is 1.65. The van der Waals surface area contributed by atoms with Crippen molar-refractivity contribution in [2.75, 3.05) is 7.11 Å². The maximum absolute atomic E-state index is 5.73. The van der Waals surface area contributed by atoms with Gasteiger partial charge in [-0.05, 0) is 50.2 Å². The van der Waals surface area contributed by atoms with Gasteiger partial charge in [-0.3, -0.25) is 0 Å². The minimum absolute atomic E-state index is 0.529. The first-order chi connectivity index (χ1) is 5.70. The van der Waals surface area contributed by atoms with Crippen LogP contribution in [-0.2, 0) is 5.88 Å². The number of halogens is 3. The highest BCUT2D eigenvalue weighted by Crippen LogP contribution is 2.32. The van der Waals surface area contributed by atoms with Crippen LogP contribution in [-0.4, -0.2) is 7.11 Å². The van der Waals surface area contributed by atoms with Crippen molar-refractivity contribution in [3.05, 3.63) is 25.7 Å². The lowest BCUT2D eigenvalue weighted by Gasteiger charge is -2.07. The zero-order valence-corrected chi connectivity index (χ0v) is 10.9. The van der Waals surface area contributed by atoms with E-state index in [9.17, 15) is 0 Å². The molecule has 1 aromatic carbocycles. The molecule has 0 aliphatic heterocycles. The Morgan fingerprint density at radius 2 is 2.25 bits per heavy atom. The van der Waals surface area contributed by atoms with E-state index in [1.54, 1.807) is 7.11 Å². The fraction of sp³-hybridized carbons (Fsp3) is 0.250. The highest BCUT2D eigenvalue weighted by Gasteiger charge is 2.07. The molecule has 0 unspecified atom stereocenters. The van der Waals surface area contributed by atoms with Gasteiger partial charge in [0.05, 0.1) is 11.6 Å². The smallest absolute Gasteiger partial charge is 0.134 e. The Labute approximate surface area is 98.7 Å². The van der Waals surface area contributed by atoms with Crippen molar-refractivity contribution >= 4 is 50.1 Å². The SMILES string of the molecule is COc1ccc(CCl)c(I)c1Br. The lowest BCUT2D eigenvalue weighted by Crippen LogP contribution is -1.90. The van der Waals surface area contributed by atoms with Crippen molar-refractivity contribution in [1.29, 1.82) is 0 Å². The standard InChI is InChI=1S/C8H7BrClIO/c1-12-6-3-2-5(4-10)8(11)7(6)9/h2-3H,4H2,1H3. The van der Waals surface area contributed by atoms with E-state index in [1.807, 2.05) is 12.1 Å². The molecule has 1 nitrogen and oxygen atoms in total. The van der Waals surface area contributed by atoms with Crippen LogP contribution >= 0.6 is 50.1 Å². The number of benzene rings is 1. The third-order valence-corrected chi connectivity index (χ3v) is 4.54. The predicted octanol–water partition coefficient (Wildman–Crippen LogP) is 3.80. The van der Waals surface area contributed by atoms with Gasteiger partial charge in [0.2, 0.25) is 0 Å². The van der Waals surface area contributed by atoms with E-state index >= 15 is 0 Å². The second kappa shape index (κ2) is 4.67. The normalized spacial score (nSPS) is 10.0. The molecule has 0 N–H and O–H groups in total. The molecule has 12 heavy (non-hydrogen) atoms. The molecule has 0 fully saturated rings. The summed E-state index contributed by atoms with van der Waals surface area (Å²) in [6.07, 6.45) is 0. The van der Waals surface area contributed by atoms with Gasteiger partial charge in [-0.2, -0.15) is 0 Å². The molecule has 0 aliphatic rings. The zero-order valence-electron chi connectivity index (χ0n) is 6.40. The molecule has 0 amide bonds. The molecule has 0 bridgehead atoms. The molecule has 66 valence electrons. The van der Waals surface area contributed by atoms with Gasteiger partial charge in [0.1, 0.15) is 5.75 Å². The van der Waals surface area contributed by atoms with Gasteiger partial charge in [-0.25, -0.2) is 0 Å². The van der Waals surface area contributed by atoms with Crippen LogP contribution in [0.4, 0.5) is 0 Å². The van der Waals surface area contributed by atoms with Gasteiger partial charge in [0.15, 0.2) is 0 Å². The van der Waals surface area contributed by atoms with Gasteiger partial charge in [-0.1, -0.05) is 6.07 Å². The van der Waals surface area contributed by atoms with Gasteiger partial charge >= 0.3 is 0 Å². The molecule has 0 aliphatic carbocycles. The van der Waals surface area contributed by atoms with E-state index in [-0.39, 0.29) is 0 Å². The van der Waals surface area contributed by atoms with Gasteiger partial charge < -0.3 is 4.74 Å². The first kappa shape index (κ1) is 10.6. The summed E-state index contributed by atoms with van der Waals surface area (Å²) in [6.45, 7) is 0. The van der Waals surface area contributed by atoms with Crippen LogP contribution in [0.1, 0.15) is 5.56 Å². The van der Waals surface area contributed by atoms with Crippen LogP contribution in [0.25, 0.3) is 0 Å². The first-order valence-electron chi connectivity index (χ1n) is 3.27. The number of hydrogen-bond acceptors (Lipinski definition) is 1. The largest absolute Gasteiger partial charge is 0.496 e. The predicted molar refractivity (Wildman–Crippen MR) is 63.0 cm³/mol. The van der Waals surface area contributed by atoms with E-state index in [0.29, 0.717) is 5.88 Å². The molecule has 4 heteroatoms. The molecular weight excluding hydrogens is 354 g/mol. The Bertz CT molecular complexity index is 262. The number of methoxy groups -OCH3 is 1. The number of hydrogen-bond donors (Lipinski definition) is 0. The summed E-state index contributed by atoms with van der Waals surface area (Å²) >= 11 is 11.4. The van der Waals surface area contributed by atoms with Crippen molar-refractivity contribution in [3.8, 4) is 5.75 Å². The van der Waals surface area contributed by atoms with E-state index in [0.717, 1.165) is 19.4 Å². The molecule has 1 rings (SSSR count). The average Bonchev–Trinajstić information content (AvgIpc) is 2.10. The van der Waals surface area contributed by atoms with E-state index in [2.05, 4.69) is 38.5 Å². The molecule has 0 heterocycles. The number of ether oxygens (including phenoxy) is 1. The van der Waals surface area contributed by atoms with Gasteiger partial charge in [0, 0.05) is 9.45 Å². The minimum atomic E-state index is 0.529. The fourth-order valence-corrected chi connectivity index (χ4v) is 2.47. The zero-order chi connectivity index (χ0) is 9.14. The van der Waals surface area contributed by atoms with Gasteiger partial charge in [-0.15, -0.1) is 11.6 Å². The Hall–Kier alpha value is 0.520. The summed E-state index contributed by atoms with van der Waals surface area (Å²) in [5.74, 6) is 1.37. The maximum Gasteiger partial charge on any atom is 0.134 e. The molecule has 0 saturated carbocycles. The minimum Gasteiger partial charge on any atom is -0.496 e. The van der Waals surface area contributed by atoms with Crippen LogP contribution in [0.2, 0.25) is 0 Å². The first-order valence-corrected chi connectivity index (χ1v) is 5.68. The number of alkyl halides is 1. The molecule has 0 radical (unpaired) electrons. The highest BCUT2D eigenvalue weighted by atomic mass is 127. The quantitative estimate of drug-likeness (QED) is 0.575. The summed E-state index contributed by atoms with van der Waals surface area (Å²) < 4.78 is 7.22. The van der Waals surface area contributed by atoms with E-state index < -0.39 is 0 Å². The number of rotatable bonds is 2. The van der Waals surface area contributed by atoms with Crippen molar-refractivity contribution < 1.29 is 4.74 Å². The Kier molecular flexibility index (Phi) is 4.13. The van der Waals surface area contributed by atoms with Crippen LogP contribution in [0, 0.1) is 3.57 Å². The summed E-state index contributed by atoms with van der Waals surface area (Å²) in [6, 6.07) is 3.88. The summed E-state index contributed by atoms with van der Waals surface area (Å²) in [4.78, 5) is 0. The lowest BCUT2D eigenvalue weighted by atomic mass is 10.2. The van der Waals surface area contributed by atoms with Crippen LogP contribution in [0.15, 0.2) is 16.6 Å². The van der Waals surface area contributed by atoms with Crippen molar-refractivity contribution in [2.45, 2.75) is 5.88 Å². The second-order valence-electron chi connectivity index (χ2n) is 2.19. The second-order valence-corrected chi connectivity index (χ2v) is 4.33. The Balaban J connectivity index is 3.20. The molecule has 0 aromatic heterocycles. The monoisotopic (exact) mass is 360 g/mol. The van der Waals surface area contributed by atoms with E-state index in [1.165, 1.54) is 0 Å². The summed E-state index contributed by atoms with van der Waals surface area (Å²) in [5, 5.41) is 0. The van der Waals surface area contributed by atoms with Crippen molar-refractivity contribution in [2.24, 2.45) is 0 Å². The molecule has 0 saturated heterocycles. The summed E-state index contributed by atoms with van der Waals surface area (Å²) in [5.41, 5.74) is 1.12. The lowest BCUT2D eigenvalue weighted by molar-refractivity contribution is 0.411. The average molecular weight is 361 g/mol. The van der Waals surface area contributed by atoms with Crippen molar-refractivity contribution in [3.63, 3.8) is 0 Å². The van der Waals surface area contributed by atoms with E-state index in [4.69, 9.17) is 16.3 Å². The Morgan fingerprint density at radius 1 is 1.58 bits per heavy atom.